The van der Waals surface area contributed by atoms with Gasteiger partial charge in [-0.25, -0.2) is 0 Å². The SMILES string of the molecule is CP(C)(=O)CC/C=C1/C(=O)Nc2ccccc21. The highest BCUT2D eigenvalue weighted by Crippen LogP contribution is 2.37. The van der Waals surface area contributed by atoms with Crippen molar-refractivity contribution in [2.75, 3.05) is 24.8 Å². The summed E-state index contributed by atoms with van der Waals surface area (Å²) in [5.74, 6) is -0.0618. The maximum Gasteiger partial charge on any atom is 0.256 e. The number of carbonyl (C=O) groups excluding carboxylic acids is 1. The van der Waals surface area contributed by atoms with E-state index in [1.807, 2.05) is 30.3 Å². The van der Waals surface area contributed by atoms with E-state index in [-0.39, 0.29) is 5.91 Å². The predicted octanol–water partition coefficient (Wildman–Crippen LogP) is 3.03. The molecule has 1 aromatic carbocycles. The van der Waals surface area contributed by atoms with Gasteiger partial charge in [0.15, 0.2) is 0 Å². The standard InChI is InChI=1S/C13H16NO2P/c1-17(2,16)9-5-7-11-10-6-3-4-8-12(10)14-13(11)15/h3-4,6-8H,5,9H2,1-2H3,(H,14,15)/b11-7+. The molecule has 1 N–H and O–H groups in total. The van der Waals surface area contributed by atoms with Gasteiger partial charge in [0.05, 0.1) is 7.14 Å². The molecule has 1 heterocycles. The maximum atomic E-state index is 11.7. The number of anilines is 1. The van der Waals surface area contributed by atoms with E-state index in [0.29, 0.717) is 18.2 Å². The van der Waals surface area contributed by atoms with Crippen LogP contribution < -0.4 is 5.32 Å². The van der Waals surface area contributed by atoms with Crippen molar-refractivity contribution in [2.45, 2.75) is 6.42 Å². The average molecular weight is 249 g/mol. The van der Waals surface area contributed by atoms with Gasteiger partial charge in [-0.1, -0.05) is 24.3 Å². The molecule has 0 aromatic heterocycles. The molecule has 1 aromatic rings. The summed E-state index contributed by atoms with van der Waals surface area (Å²) in [5.41, 5.74) is 2.51. The molecule has 0 saturated carbocycles. The van der Waals surface area contributed by atoms with Gasteiger partial charge in [0.2, 0.25) is 0 Å². The predicted molar refractivity (Wildman–Crippen MR) is 72.0 cm³/mol. The van der Waals surface area contributed by atoms with Gasteiger partial charge in [-0.05, 0) is 25.8 Å². The van der Waals surface area contributed by atoms with Gasteiger partial charge in [0.1, 0.15) is 0 Å². The molecule has 0 aliphatic carbocycles. The largest absolute Gasteiger partial charge is 0.324 e. The Morgan fingerprint density at radius 3 is 2.71 bits per heavy atom. The Balaban J connectivity index is 2.19. The van der Waals surface area contributed by atoms with E-state index in [9.17, 15) is 9.36 Å². The molecule has 3 nitrogen and oxygen atoms in total. The molecule has 1 aliphatic heterocycles. The van der Waals surface area contributed by atoms with E-state index in [2.05, 4.69) is 5.32 Å². The number of allylic oxidation sites excluding steroid dienone is 1. The number of rotatable bonds is 3. The van der Waals surface area contributed by atoms with Gasteiger partial charge in [-0.3, -0.25) is 4.79 Å². The number of para-hydroxylation sites is 1. The van der Waals surface area contributed by atoms with Crippen molar-refractivity contribution in [3.63, 3.8) is 0 Å². The number of fused-ring (bicyclic) bond motifs is 1. The molecule has 90 valence electrons. The van der Waals surface area contributed by atoms with Crippen LogP contribution >= 0.6 is 7.14 Å². The number of benzene rings is 1. The van der Waals surface area contributed by atoms with Crippen LogP contribution in [0.5, 0.6) is 0 Å². The molecule has 0 fully saturated rings. The van der Waals surface area contributed by atoms with E-state index >= 15 is 0 Å². The van der Waals surface area contributed by atoms with E-state index in [1.165, 1.54) is 0 Å². The van der Waals surface area contributed by atoms with Crippen molar-refractivity contribution in [2.24, 2.45) is 0 Å². The van der Waals surface area contributed by atoms with E-state index < -0.39 is 7.14 Å². The molecule has 17 heavy (non-hydrogen) atoms. The minimum Gasteiger partial charge on any atom is -0.324 e. The van der Waals surface area contributed by atoms with Crippen LogP contribution in [-0.2, 0) is 9.36 Å². The molecule has 0 saturated heterocycles. The zero-order valence-electron chi connectivity index (χ0n) is 10.1. The summed E-state index contributed by atoms with van der Waals surface area (Å²) in [5, 5.41) is 2.82. The van der Waals surface area contributed by atoms with E-state index in [0.717, 1.165) is 11.3 Å². The van der Waals surface area contributed by atoms with Crippen LogP contribution in [0.15, 0.2) is 30.3 Å². The van der Waals surface area contributed by atoms with Gasteiger partial charge in [0.25, 0.3) is 5.91 Å². The molecular weight excluding hydrogens is 233 g/mol. The highest BCUT2D eigenvalue weighted by Gasteiger charge is 2.22. The van der Waals surface area contributed by atoms with E-state index in [4.69, 9.17) is 0 Å². The fourth-order valence-corrected chi connectivity index (χ4v) is 2.61. The van der Waals surface area contributed by atoms with Gasteiger partial charge in [0, 0.05) is 23.0 Å². The zero-order valence-corrected chi connectivity index (χ0v) is 11.0. The van der Waals surface area contributed by atoms with Crippen molar-refractivity contribution in [3.05, 3.63) is 35.9 Å². The van der Waals surface area contributed by atoms with Crippen molar-refractivity contribution < 1.29 is 9.36 Å². The van der Waals surface area contributed by atoms with Crippen LogP contribution in [0.1, 0.15) is 12.0 Å². The average Bonchev–Trinajstić information content (AvgIpc) is 2.54. The quantitative estimate of drug-likeness (QED) is 0.661. The van der Waals surface area contributed by atoms with E-state index in [1.54, 1.807) is 13.3 Å². The summed E-state index contributed by atoms with van der Waals surface area (Å²) in [6, 6.07) is 7.63. The first-order chi connectivity index (χ1) is 7.97. The summed E-state index contributed by atoms with van der Waals surface area (Å²) in [4.78, 5) is 11.7. The van der Waals surface area contributed by atoms with Crippen LogP contribution in [0.4, 0.5) is 5.69 Å². The molecule has 2 rings (SSSR count). The monoisotopic (exact) mass is 249 g/mol. The van der Waals surface area contributed by atoms with Crippen LogP contribution in [0.25, 0.3) is 5.57 Å². The lowest BCUT2D eigenvalue weighted by molar-refractivity contribution is -0.110. The number of hydrogen-bond donors (Lipinski definition) is 1. The van der Waals surface area contributed by atoms with Gasteiger partial charge in [-0.2, -0.15) is 0 Å². The van der Waals surface area contributed by atoms with Crippen molar-refractivity contribution in [3.8, 4) is 0 Å². The Morgan fingerprint density at radius 2 is 2.00 bits per heavy atom. The molecule has 0 spiro atoms. The number of amides is 1. The summed E-state index contributed by atoms with van der Waals surface area (Å²) < 4.78 is 11.6. The number of nitrogens with one attached hydrogen (secondary N) is 1. The molecule has 1 amide bonds. The fraction of sp³-hybridized carbons (Fsp3) is 0.308. The third-order valence-corrected chi connectivity index (χ3v) is 4.06. The topological polar surface area (TPSA) is 46.2 Å². The van der Waals surface area contributed by atoms with Crippen LogP contribution in [0.2, 0.25) is 0 Å². The molecule has 0 atom stereocenters. The minimum atomic E-state index is -2.00. The van der Waals surface area contributed by atoms with Crippen molar-refractivity contribution in [1.29, 1.82) is 0 Å². The number of hydrogen-bond acceptors (Lipinski definition) is 2. The first-order valence-electron chi connectivity index (χ1n) is 5.62. The second-order valence-electron chi connectivity index (χ2n) is 4.70. The lowest BCUT2D eigenvalue weighted by Gasteiger charge is -2.03. The van der Waals surface area contributed by atoms with Crippen molar-refractivity contribution in [1.82, 2.24) is 0 Å². The Kier molecular flexibility index (Phi) is 3.21. The third-order valence-electron chi connectivity index (χ3n) is 2.73. The highest BCUT2D eigenvalue weighted by molar-refractivity contribution is 7.62. The Morgan fingerprint density at radius 1 is 1.29 bits per heavy atom. The third kappa shape index (κ3) is 2.86. The second-order valence-corrected chi connectivity index (χ2v) is 8.30. The first-order valence-corrected chi connectivity index (χ1v) is 8.41. The molecule has 0 bridgehead atoms. The summed E-state index contributed by atoms with van der Waals surface area (Å²) in [6.07, 6.45) is 3.22. The van der Waals surface area contributed by atoms with Crippen LogP contribution in [0.3, 0.4) is 0 Å². The Hall–Kier alpha value is -1.34. The summed E-state index contributed by atoms with van der Waals surface area (Å²) in [6.45, 7) is 3.54. The minimum absolute atomic E-state index is 0.0618. The lowest BCUT2D eigenvalue weighted by atomic mass is 10.1. The van der Waals surface area contributed by atoms with Crippen molar-refractivity contribution >= 4 is 24.3 Å². The maximum absolute atomic E-state index is 11.7. The summed E-state index contributed by atoms with van der Waals surface area (Å²) in [7, 11) is -2.00. The molecule has 0 unspecified atom stereocenters. The smallest absolute Gasteiger partial charge is 0.256 e. The number of carbonyl (C=O) groups is 1. The van der Waals surface area contributed by atoms with Crippen LogP contribution in [-0.4, -0.2) is 25.4 Å². The normalized spacial score (nSPS) is 17.1. The first kappa shape index (κ1) is 12.1. The van der Waals surface area contributed by atoms with Gasteiger partial charge in [-0.15, -0.1) is 0 Å². The molecule has 0 radical (unpaired) electrons. The molecule has 4 heteroatoms. The lowest BCUT2D eigenvalue weighted by Crippen LogP contribution is -2.03. The Labute approximate surface area is 101 Å². The summed E-state index contributed by atoms with van der Waals surface area (Å²) >= 11 is 0. The zero-order chi connectivity index (χ0) is 12.5. The molecular formula is C13H16NO2P. The Bertz CT molecular complexity index is 528. The van der Waals surface area contributed by atoms with Gasteiger partial charge >= 0.3 is 0 Å². The highest BCUT2D eigenvalue weighted by atomic mass is 31.2. The fourth-order valence-electron chi connectivity index (χ4n) is 1.86. The molecule has 1 aliphatic rings. The van der Waals surface area contributed by atoms with Crippen LogP contribution in [0, 0.1) is 0 Å². The van der Waals surface area contributed by atoms with Gasteiger partial charge < -0.3 is 9.88 Å². The second kappa shape index (κ2) is 4.50.